The Hall–Kier alpha value is -0.650. The maximum absolute atomic E-state index is 10.3. The van der Waals surface area contributed by atoms with Gasteiger partial charge in [0.1, 0.15) is 0 Å². The summed E-state index contributed by atoms with van der Waals surface area (Å²) in [6.07, 6.45) is 47.0. The molecule has 0 saturated carbocycles. The van der Waals surface area contributed by atoms with Gasteiger partial charge in [-0.3, -0.25) is 9.69 Å². The number of aliphatic carboxylic acids is 1. The molecule has 48 heavy (non-hydrogen) atoms. The van der Waals surface area contributed by atoms with Crippen LogP contribution in [0, 0.1) is 0 Å². The van der Waals surface area contributed by atoms with E-state index in [4.69, 9.17) is 15.3 Å². The molecule has 290 valence electrons. The molecule has 0 aromatic carbocycles. The normalized spacial score (nSPS) is 11.3. The van der Waals surface area contributed by atoms with Gasteiger partial charge in [0.15, 0.2) is 0 Å². The minimum absolute atomic E-state index is 0.194. The molecule has 0 rings (SSSR count). The van der Waals surface area contributed by atoms with Crippen molar-refractivity contribution in [1.29, 1.82) is 0 Å². The van der Waals surface area contributed by atoms with Crippen LogP contribution in [-0.2, 0) is 4.79 Å². The minimum atomic E-state index is -0.654. The first-order valence-electron chi connectivity index (χ1n) is 21.8. The van der Waals surface area contributed by atoms with E-state index >= 15 is 0 Å². The first kappa shape index (κ1) is 49.5. The van der Waals surface area contributed by atoms with Crippen molar-refractivity contribution in [3.8, 4) is 0 Å². The van der Waals surface area contributed by atoms with Crippen molar-refractivity contribution >= 4 is 5.97 Å². The largest absolute Gasteiger partial charge is 0.481 e. The molecule has 5 heteroatoms. The molecule has 0 fully saturated rings. The Morgan fingerprint density at radius 1 is 0.354 bits per heavy atom. The highest BCUT2D eigenvalue weighted by molar-refractivity contribution is 5.66. The van der Waals surface area contributed by atoms with E-state index in [0.717, 1.165) is 19.4 Å². The predicted octanol–water partition coefficient (Wildman–Crippen LogP) is 13.0. The van der Waals surface area contributed by atoms with Crippen LogP contribution in [0.15, 0.2) is 0 Å². The van der Waals surface area contributed by atoms with Crippen molar-refractivity contribution in [3.63, 3.8) is 0 Å². The SMILES string of the molecule is CCCCCCCCCCCCCCCCC(=O)O.CCCCCCCCCCCCCCCCCCCCCCN(CCO)CCO. The number of carboxylic acid groups (broad SMARTS) is 1. The summed E-state index contributed by atoms with van der Waals surface area (Å²) in [5.74, 6) is -0.654. The number of rotatable bonds is 40. The molecule has 0 saturated heterocycles. The molecule has 0 aliphatic rings. The third-order valence-corrected chi connectivity index (χ3v) is 9.90. The maximum Gasteiger partial charge on any atom is 0.303 e. The molecule has 0 aromatic rings. The summed E-state index contributed by atoms with van der Waals surface area (Å²) in [5.41, 5.74) is 0. The molecular formula is C43H89NO4. The first-order valence-corrected chi connectivity index (χ1v) is 21.8. The van der Waals surface area contributed by atoms with E-state index in [1.54, 1.807) is 0 Å². The molecule has 0 spiro atoms. The van der Waals surface area contributed by atoms with Crippen molar-refractivity contribution in [2.75, 3.05) is 32.8 Å². The highest BCUT2D eigenvalue weighted by Gasteiger charge is 2.03. The Morgan fingerprint density at radius 2 is 0.583 bits per heavy atom. The molecule has 0 unspecified atom stereocenters. The Labute approximate surface area is 301 Å². The second-order valence-corrected chi connectivity index (χ2v) is 14.7. The quantitative estimate of drug-likeness (QED) is 0.0560. The van der Waals surface area contributed by atoms with Gasteiger partial charge in [-0.25, -0.2) is 0 Å². The summed E-state index contributed by atoms with van der Waals surface area (Å²) in [7, 11) is 0. The van der Waals surface area contributed by atoms with Gasteiger partial charge >= 0.3 is 5.97 Å². The highest BCUT2D eigenvalue weighted by atomic mass is 16.4. The van der Waals surface area contributed by atoms with Crippen molar-refractivity contribution in [2.45, 2.75) is 239 Å². The summed E-state index contributed by atoms with van der Waals surface area (Å²) in [6, 6.07) is 0. The summed E-state index contributed by atoms with van der Waals surface area (Å²) in [6.45, 7) is 7.35. The molecule has 0 amide bonds. The molecule has 0 aliphatic heterocycles. The predicted molar refractivity (Wildman–Crippen MR) is 211 cm³/mol. The molecule has 0 bridgehead atoms. The minimum Gasteiger partial charge on any atom is -0.481 e. The van der Waals surface area contributed by atoms with Crippen LogP contribution >= 0.6 is 0 Å². The van der Waals surface area contributed by atoms with Gasteiger partial charge in [0, 0.05) is 19.5 Å². The van der Waals surface area contributed by atoms with Gasteiger partial charge in [-0.15, -0.1) is 0 Å². The average Bonchev–Trinajstić information content (AvgIpc) is 3.08. The molecule has 3 N–H and O–H groups in total. The smallest absolute Gasteiger partial charge is 0.303 e. The Bertz CT molecular complexity index is 567. The van der Waals surface area contributed by atoms with Gasteiger partial charge in [0.2, 0.25) is 0 Å². The summed E-state index contributed by atoms with van der Waals surface area (Å²) in [5, 5.41) is 26.5. The lowest BCUT2D eigenvalue weighted by molar-refractivity contribution is -0.137. The fraction of sp³-hybridized carbons (Fsp3) is 0.977. The van der Waals surface area contributed by atoms with Gasteiger partial charge < -0.3 is 15.3 Å². The summed E-state index contributed by atoms with van der Waals surface area (Å²) in [4.78, 5) is 12.5. The van der Waals surface area contributed by atoms with E-state index in [-0.39, 0.29) is 13.2 Å². The van der Waals surface area contributed by atoms with Crippen LogP contribution < -0.4 is 0 Å². The molecule has 0 aliphatic carbocycles. The number of aliphatic hydroxyl groups excluding tert-OH is 2. The van der Waals surface area contributed by atoms with Gasteiger partial charge in [0.25, 0.3) is 0 Å². The highest BCUT2D eigenvalue weighted by Crippen LogP contribution is 2.16. The number of nitrogens with zero attached hydrogens (tertiary/aromatic N) is 1. The fourth-order valence-electron chi connectivity index (χ4n) is 6.68. The second kappa shape index (κ2) is 46.4. The van der Waals surface area contributed by atoms with Crippen LogP contribution in [0.2, 0.25) is 0 Å². The van der Waals surface area contributed by atoms with E-state index in [9.17, 15) is 4.79 Å². The number of carbonyl (C=O) groups is 1. The molecule has 0 atom stereocenters. The first-order chi connectivity index (χ1) is 23.6. The van der Waals surface area contributed by atoms with E-state index in [0.29, 0.717) is 19.5 Å². The number of carboxylic acids is 1. The fourth-order valence-corrected chi connectivity index (χ4v) is 6.68. The van der Waals surface area contributed by atoms with Crippen molar-refractivity contribution in [2.24, 2.45) is 0 Å². The molecular weight excluding hydrogens is 594 g/mol. The van der Waals surface area contributed by atoms with Crippen molar-refractivity contribution in [3.05, 3.63) is 0 Å². The topological polar surface area (TPSA) is 81.0 Å². The van der Waals surface area contributed by atoms with E-state index in [2.05, 4.69) is 18.7 Å². The zero-order chi connectivity index (χ0) is 35.4. The van der Waals surface area contributed by atoms with Crippen LogP contribution in [0.1, 0.15) is 239 Å². The average molecular weight is 684 g/mol. The Kier molecular flexibility index (Phi) is 47.8. The van der Waals surface area contributed by atoms with Crippen LogP contribution in [-0.4, -0.2) is 59.0 Å². The van der Waals surface area contributed by atoms with Crippen LogP contribution in [0.4, 0.5) is 0 Å². The standard InChI is InChI=1S/C26H55NO2.C17H34O2/c1-2-3-4-5-6-7-8-9-10-11-12-13-14-15-16-17-18-19-20-21-22-27(23-25-28)24-26-29;1-2-3-4-5-6-7-8-9-10-11-12-13-14-15-16-17(18)19/h28-29H,2-26H2,1H3;2-16H2,1H3,(H,18,19). The molecule has 0 heterocycles. The van der Waals surface area contributed by atoms with Crippen LogP contribution in [0.25, 0.3) is 0 Å². The van der Waals surface area contributed by atoms with Gasteiger partial charge in [-0.05, 0) is 19.4 Å². The lowest BCUT2D eigenvalue weighted by Gasteiger charge is -2.19. The Morgan fingerprint density at radius 3 is 0.812 bits per heavy atom. The maximum atomic E-state index is 10.3. The zero-order valence-corrected chi connectivity index (χ0v) is 33.0. The summed E-state index contributed by atoms with van der Waals surface area (Å²) < 4.78 is 0. The Balaban J connectivity index is 0. The molecule has 0 radical (unpaired) electrons. The summed E-state index contributed by atoms with van der Waals surface area (Å²) >= 11 is 0. The van der Waals surface area contributed by atoms with Crippen molar-refractivity contribution < 1.29 is 20.1 Å². The monoisotopic (exact) mass is 684 g/mol. The second-order valence-electron chi connectivity index (χ2n) is 14.7. The van der Waals surface area contributed by atoms with Crippen LogP contribution in [0.3, 0.4) is 0 Å². The van der Waals surface area contributed by atoms with Crippen molar-refractivity contribution in [1.82, 2.24) is 4.90 Å². The molecule has 5 nitrogen and oxygen atoms in total. The lowest BCUT2D eigenvalue weighted by Crippen LogP contribution is -2.30. The molecule has 0 aromatic heterocycles. The van der Waals surface area contributed by atoms with Crippen LogP contribution in [0.5, 0.6) is 0 Å². The number of unbranched alkanes of at least 4 members (excludes halogenated alkanes) is 32. The third kappa shape index (κ3) is 47.5. The van der Waals surface area contributed by atoms with E-state index in [1.807, 2.05) is 0 Å². The lowest BCUT2D eigenvalue weighted by atomic mass is 10.0. The number of hydrogen-bond acceptors (Lipinski definition) is 4. The van der Waals surface area contributed by atoms with E-state index in [1.165, 1.54) is 205 Å². The van der Waals surface area contributed by atoms with Gasteiger partial charge in [0.05, 0.1) is 13.2 Å². The zero-order valence-electron chi connectivity index (χ0n) is 33.0. The number of aliphatic hydroxyl groups is 2. The van der Waals surface area contributed by atoms with E-state index < -0.39 is 5.97 Å². The third-order valence-electron chi connectivity index (χ3n) is 9.90. The number of hydrogen-bond donors (Lipinski definition) is 3. The van der Waals surface area contributed by atoms with Gasteiger partial charge in [-0.2, -0.15) is 0 Å². The van der Waals surface area contributed by atoms with Gasteiger partial charge in [-0.1, -0.05) is 219 Å².